The highest BCUT2D eigenvalue weighted by Crippen LogP contribution is 2.20. The second kappa shape index (κ2) is 8.66. The number of aromatic nitrogens is 4. The first-order valence-electron chi connectivity index (χ1n) is 8.42. The van der Waals surface area contributed by atoms with Gasteiger partial charge in [0.15, 0.2) is 5.82 Å². The van der Waals surface area contributed by atoms with E-state index in [4.69, 9.17) is 4.52 Å². The Kier molecular flexibility index (Phi) is 6.06. The number of thioether (sulfide) groups is 1. The van der Waals surface area contributed by atoms with E-state index < -0.39 is 0 Å². The molecule has 3 rings (SSSR count). The number of rotatable bonds is 8. The van der Waals surface area contributed by atoms with E-state index in [2.05, 4.69) is 25.4 Å². The Labute approximate surface area is 156 Å². The van der Waals surface area contributed by atoms with Gasteiger partial charge in [-0.3, -0.25) is 4.79 Å². The summed E-state index contributed by atoms with van der Waals surface area (Å²) in [5, 5.41) is 6.84. The van der Waals surface area contributed by atoms with Crippen LogP contribution in [0.3, 0.4) is 0 Å². The van der Waals surface area contributed by atoms with Gasteiger partial charge in [-0.25, -0.2) is 4.98 Å². The fraction of sp³-hybridized carbons (Fsp3) is 0.333. The maximum atomic E-state index is 12.2. The summed E-state index contributed by atoms with van der Waals surface area (Å²) in [6, 6.07) is 9.84. The molecule has 0 radical (unpaired) electrons. The third-order valence-corrected chi connectivity index (χ3v) is 4.72. The van der Waals surface area contributed by atoms with E-state index in [0.29, 0.717) is 23.2 Å². The topological polar surface area (TPSA) is 96.7 Å². The molecule has 8 heteroatoms. The maximum absolute atomic E-state index is 12.2. The molecule has 136 valence electrons. The van der Waals surface area contributed by atoms with E-state index in [-0.39, 0.29) is 11.9 Å². The first-order valence-corrected chi connectivity index (χ1v) is 9.57. The lowest BCUT2D eigenvalue weighted by molar-refractivity contribution is -0.119. The highest BCUT2D eigenvalue weighted by atomic mass is 32.2. The molecule has 0 saturated heterocycles. The number of hydrogen-bond donors (Lipinski definition) is 2. The molecule has 0 fully saturated rings. The third-order valence-electron chi connectivity index (χ3n) is 3.79. The van der Waals surface area contributed by atoms with Crippen LogP contribution < -0.4 is 5.32 Å². The van der Waals surface area contributed by atoms with E-state index in [1.807, 2.05) is 37.3 Å². The van der Waals surface area contributed by atoms with Gasteiger partial charge in [-0.2, -0.15) is 4.98 Å². The zero-order valence-corrected chi connectivity index (χ0v) is 15.5. The van der Waals surface area contributed by atoms with Crippen LogP contribution in [0.15, 0.2) is 41.1 Å². The largest absolute Gasteiger partial charge is 0.345 e. The summed E-state index contributed by atoms with van der Waals surface area (Å²) in [5.41, 5.74) is 2.01. The Morgan fingerprint density at radius 1 is 1.35 bits per heavy atom. The summed E-state index contributed by atoms with van der Waals surface area (Å²) in [7, 11) is 0. The highest BCUT2D eigenvalue weighted by molar-refractivity contribution is 7.99. The Morgan fingerprint density at radius 2 is 2.15 bits per heavy atom. The van der Waals surface area contributed by atoms with Crippen molar-refractivity contribution in [1.82, 2.24) is 25.4 Å². The number of nitrogens with one attached hydrogen (secondary N) is 2. The SMILES string of the molecule is CC[C@H](NC(=O)CSCc1noc(C)n1)c1ncc(-c2ccccc2)[nH]1. The van der Waals surface area contributed by atoms with Crippen LogP contribution in [0.2, 0.25) is 0 Å². The van der Waals surface area contributed by atoms with Gasteiger partial charge in [0.1, 0.15) is 5.82 Å². The fourth-order valence-corrected chi connectivity index (χ4v) is 3.18. The standard InChI is InChI=1S/C18H21N5O2S/c1-3-14(18-19-9-15(22-18)13-7-5-4-6-8-13)21-17(24)11-26-10-16-20-12(2)25-23-16/h4-9,14H,3,10-11H2,1-2H3,(H,19,22)(H,21,24)/t14-/m0/s1. The third kappa shape index (κ3) is 4.72. The summed E-state index contributed by atoms with van der Waals surface area (Å²) in [5.74, 6) is 2.73. The predicted octanol–water partition coefficient (Wildman–Crippen LogP) is 3.27. The molecular formula is C18H21N5O2S. The van der Waals surface area contributed by atoms with Gasteiger partial charge in [0.05, 0.1) is 29.4 Å². The number of nitrogens with zero attached hydrogens (tertiary/aromatic N) is 3. The highest BCUT2D eigenvalue weighted by Gasteiger charge is 2.16. The van der Waals surface area contributed by atoms with Crippen molar-refractivity contribution in [2.45, 2.75) is 32.1 Å². The van der Waals surface area contributed by atoms with Crippen molar-refractivity contribution in [3.05, 3.63) is 54.1 Å². The van der Waals surface area contributed by atoms with Gasteiger partial charge in [0, 0.05) is 6.92 Å². The van der Waals surface area contributed by atoms with Crippen LogP contribution in [-0.4, -0.2) is 31.8 Å². The van der Waals surface area contributed by atoms with Crippen molar-refractivity contribution in [3.63, 3.8) is 0 Å². The molecule has 0 aliphatic carbocycles. The molecule has 0 aliphatic heterocycles. The Hall–Kier alpha value is -2.61. The molecule has 2 aromatic heterocycles. The molecule has 3 aromatic rings. The normalized spacial score (nSPS) is 12.1. The van der Waals surface area contributed by atoms with Crippen LogP contribution in [0.25, 0.3) is 11.3 Å². The molecule has 1 amide bonds. The van der Waals surface area contributed by atoms with Gasteiger partial charge < -0.3 is 14.8 Å². The molecule has 0 bridgehead atoms. The van der Waals surface area contributed by atoms with Gasteiger partial charge in [0.2, 0.25) is 11.8 Å². The van der Waals surface area contributed by atoms with Crippen molar-refractivity contribution < 1.29 is 9.32 Å². The van der Waals surface area contributed by atoms with Crippen molar-refractivity contribution in [2.24, 2.45) is 0 Å². The zero-order chi connectivity index (χ0) is 18.4. The van der Waals surface area contributed by atoms with Crippen LogP contribution in [0.1, 0.15) is 36.9 Å². The van der Waals surface area contributed by atoms with Crippen LogP contribution in [0.5, 0.6) is 0 Å². The molecular weight excluding hydrogens is 350 g/mol. The predicted molar refractivity (Wildman–Crippen MR) is 100 cm³/mol. The van der Waals surface area contributed by atoms with E-state index in [1.54, 1.807) is 13.1 Å². The average molecular weight is 371 g/mol. The molecule has 1 atom stereocenters. The van der Waals surface area contributed by atoms with Gasteiger partial charge in [-0.05, 0) is 12.0 Å². The smallest absolute Gasteiger partial charge is 0.230 e. The Balaban J connectivity index is 1.53. The Morgan fingerprint density at radius 3 is 2.85 bits per heavy atom. The molecule has 7 nitrogen and oxygen atoms in total. The van der Waals surface area contributed by atoms with E-state index in [9.17, 15) is 4.79 Å². The second-order valence-corrected chi connectivity index (χ2v) is 6.78. The van der Waals surface area contributed by atoms with Gasteiger partial charge >= 0.3 is 0 Å². The minimum Gasteiger partial charge on any atom is -0.345 e. The van der Waals surface area contributed by atoms with Crippen molar-refractivity contribution in [3.8, 4) is 11.3 Å². The minimum absolute atomic E-state index is 0.0419. The molecule has 2 N–H and O–H groups in total. The molecule has 1 aromatic carbocycles. The van der Waals surface area contributed by atoms with Crippen LogP contribution in [0.4, 0.5) is 0 Å². The first-order chi connectivity index (χ1) is 12.7. The average Bonchev–Trinajstić information content (AvgIpc) is 3.30. The summed E-state index contributed by atoms with van der Waals surface area (Å²) in [6.45, 7) is 3.76. The van der Waals surface area contributed by atoms with Gasteiger partial charge in [0.25, 0.3) is 0 Å². The fourth-order valence-electron chi connectivity index (χ4n) is 2.51. The van der Waals surface area contributed by atoms with Crippen LogP contribution >= 0.6 is 11.8 Å². The lowest BCUT2D eigenvalue weighted by Gasteiger charge is -2.14. The molecule has 0 spiro atoms. The maximum Gasteiger partial charge on any atom is 0.230 e. The van der Waals surface area contributed by atoms with Crippen LogP contribution in [0, 0.1) is 6.92 Å². The molecule has 26 heavy (non-hydrogen) atoms. The summed E-state index contributed by atoms with van der Waals surface area (Å²) >= 11 is 1.45. The quantitative estimate of drug-likeness (QED) is 0.631. The van der Waals surface area contributed by atoms with Crippen molar-refractivity contribution in [2.75, 3.05) is 5.75 Å². The van der Waals surface area contributed by atoms with Gasteiger partial charge in [-0.15, -0.1) is 11.8 Å². The number of aromatic amines is 1. The number of imidazole rings is 1. The lowest BCUT2D eigenvalue weighted by Crippen LogP contribution is -2.30. The van der Waals surface area contributed by atoms with Crippen molar-refractivity contribution >= 4 is 17.7 Å². The van der Waals surface area contributed by atoms with Gasteiger partial charge in [-0.1, -0.05) is 42.4 Å². The number of amides is 1. The monoisotopic (exact) mass is 371 g/mol. The molecule has 2 heterocycles. The molecule has 0 saturated carbocycles. The summed E-state index contributed by atoms with van der Waals surface area (Å²) in [4.78, 5) is 24.1. The minimum atomic E-state index is -0.145. The number of H-pyrrole nitrogens is 1. The number of carbonyl (C=O) groups is 1. The van der Waals surface area contributed by atoms with E-state index >= 15 is 0 Å². The second-order valence-electron chi connectivity index (χ2n) is 5.80. The zero-order valence-electron chi connectivity index (χ0n) is 14.7. The van der Waals surface area contributed by atoms with Crippen molar-refractivity contribution in [1.29, 1.82) is 0 Å². The number of hydrogen-bond acceptors (Lipinski definition) is 6. The summed E-state index contributed by atoms with van der Waals surface area (Å²) < 4.78 is 4.91. The molecule has 0 aliphatic rings. The molecule has 0 unspecified atom stereocenters. The lowest BCUT2D eigenvalue weighted by atomic mass is 10.2. The Bertz CT molecular complexity index is 846. The summed E-state index contributed by atoms with van der Waals surface area (Å²) in [6.07, 6.45) is 2.55. The van der Waals surface area contributed by atoms with Crippen LogP contribution in [-0.2, 0) is 10.5 Å². The number of aryl methyl sites for hydroxylation is 1. The van der Waals surface area contributed by atoms with E-state index in [0.717, 1.165) is 23.5 Å². The first kappa shape index (κ1) is 18.2. The van der Waals surface area contributed by atoms with E-state index in [1.165, 1.54) is 11.8 Å². The number of carbonyl (C=O) groups excluding carboxylic acids is 1. The number of benzene rings is 1.